The first-order valence-electron chi connectivity index (χ1n) is 4.83. The van der Waals surface area contributed by atoms with Crippen molar-refractivity contribution in [2.24, 2.45) is 0 Å². The van der Waals surface area contributed by atoms with Crippen LogP contribution in [0.5, 0.6) is 5.75 Å². The number of rotatable bonds is 4. The molecule has 0 aromatic heterocycles. The van der Waals surface area contributed by atoms with Crippen LogP contribution < -0.4 is 10.1 Å². The summed E-state index contributed by atoms with van der Waals surface area (Å²) in [4.78, 5) is 22.2. The summed E-state index contributed by atoms with van der Waals surface area (Å²) in [5.74, 6) is -2.73. The monoisotopic (exact) mass is 241 g/mol. The predicted octanol–water partition coefficient (Wildman–Crippen LogP) is 1.04. The predicted molar refractivity (Wildman–Crippen MR) is 57.5 cm³/mol. The number of nitrogens with one attached hydrogen (secondary N) is 1. The molecule has 2 N–H and O–H groups in total. The smallest absolute Gasteiger partial charge is 0.325 e. The Morgan fingerprint density at radius 3 is 2.65 bits per heavy atom. The number of benzene rings is 1. The number of carbonyl (C=O) groups is 2. The molecule has 0 radical (unpaired) electrons. The average Bonchev–Trinajstić information content (AvgIpc) is 2.27. The molecule has 0 aliphatic heterocycles. The Hall–Kier alpha value is -2.11. The van der Waals surface area contributed by atoms with Gasteiger partial charge in [0.05, 0.1) is 7.11 Å². The van der Waals surface area contributed by atoms with Crippen LogP contribution in [0.4, 0.5) is 4.39 Å². The van der Waals surface area contributed by atoms with Gasteiger partial charge in [-0.3, -0.25) is 9.59 Å². The van der Waals surface area contributed by atoms with E-state index >= 15 is 0 Å². The first-order valence-corrected chi connectivity index (χ1v) is 4.83. The Bertz CT molecular complexity index is 447. The van der Waals surface area contributed by atoms with Crippen molar-refractivity contribution >= 4 is 11.9 Å². The third kappa shape index (κ3) is 2.93. The number of aliphatic carboxylic acids is 1. The average molecular weight is 241 g/mol. The fourth-order valence-electron chi connectivity index (χ4n) is 1.23. The summed E-state index contributed by atoms with van der Waals surface area (Å²) in [5, 5.41) is 10.8. The van der Waals surface area contributed by atoms with Crippen molar-refractivity contribution in [3.8, 4) is 5.75 Å². The first kappa shape index (κ1) is 13.0. The van der Waals surface area contributed by atoms with Crippen LogP contribution in [0.25, 0.3) is 0 Å². The van der Waals surface area contributed by atoms with Crippen LogP contribution in [0.15, 0.2) is 18.2 Å². The van der Waals surface area contributed by atoms with E-state index < -0.39 is 23.7 Å². The zero-order valence-corrected chi connectivity index (χ0v) is 9.36. The van der Waals surface area contributed by atoms with Crippen LogP contribution in [0.1, 0.15) is 17.3 Å². The van der Waals surface area contributed by atoms with E-state index in [1.54, 1.807) is 0 Å². The quantitative estimate of drug-likeness (QED) is 0.825. The summed E-state index contributed by atoms with van der Waals surface area (Å²) >= 11 is 0. The van der Waals surface area contributed by atoms with Gasteiger partial charge < -0.3 is 15.2 Å². The highest BCUT2D eigenvalue weighted by atomic mass is 19.1. The van der Waals surface area contributed by atoms with Gasteiger partial charge in [-0.25, -0.2) is 4.39 Å². The maximum absolute atomic E-state index is 13.5. The molecule has 0 spiro atoms. The molecule has 6 heteroatoms. The van der Waals surface area contributed by atoms with E-state index in [1.807, 2.05) is 0 Å². The zero-order valence-electron chi connectivity index (χ0n) is 9.36. The topological polar surface area (TPSA) is 75.6 Å². The lowest BCUT2D eigenvalue weighted by atomic mass is 10.1. The van der Waals surface area contributed by atoms with E-state index in [-0.39, 0.29) is 11.3 Å². The summed E-state index contributed by atoms with van der Waals surface area (Å²) in [6, 6.07) is 2.81. The normalized spacial score (nSPS) is 11.7. The second-order valence-corrected chi connectivity index (χ2v) is 3.35. The number of carbonyl (C=O) groups excluding carboxylic acids is 1. The molecule has 5 nitrogen and oxygen atoms in total. The highest BCUT2D eigenvalue weighted by Crippen LogP contribution is 2.20. The van der Waals surface area contributed by atoms with Crippen molar-refractivity contribution < 1.29 is 23.8 Å². The molecule has 0 saturated carbocycles. The standard InChI is InChI=1S/C11H12FNO4/c1-6(11(15)16)13-10(14)9-7(12)4-3-5-8(9)17-2/h3-6H,1-2H3,(H,13,14)(H,15,16). The third-order valence-electron chi connectivity index (χ3n) is 2.14. The molecular weight excluding hydrogens is 229 g/mol. The Kier molecular flexibility index (Phi) is 4.03. The molecule has 1 aromatic rings. The van der Waals surface area contributed by atoms with Crippen LogP contribution >= 0.6 is 0 Å². The van der Waals surface area contributed by atoms with Gasteiger partial charge in [0, 0.05) is 0 Å². The van der Waals surface area contributed by atoms with Crippen LogP contribution in [0, 0.1) is 5.82 Å². The molecule has 1 atom stereocenters. The van der Waals surface area contributed by atoms with Crippen molar-refractivity contribution in [3.63, 3.8) is 0 Å². The molecule has 17 heavy (non-hydrogen) atoms. The number of amides is 1. The SMILES string of the molecule is COc1cccc(F)c1C(=O)NC(C)C(=O)O. The Morgan fingerprint density at radius 2 is 2.12 bits per heavy atom. The minimum Gasteiger partial charge on any atom is -0.496 e. The van der Waals surface area contributed by atoms with Crippen molar-refractivity contribution in [2.75, 3.05) is 7.11 Å². The maximum Gasteiger partial charge on any atom is 0.325 e. The molecule has 92 valence electrons. The number of methoxy groups -OCH3 is 1. The number of halogens is 1. The summed E-state index contributed by atoms with van der Waals surface area (Å²) in [5.41, 5.74) is -0.303. The first-order chi connectivity index (χ1) is 7.97. The molecule has 0 saturated heterocycles. The Balaban J connectivity index is 3.00. The molecule has 1 aromatic carbocycles. The van der Waals surface area contributed by atoms with Crippen molar-refractivity contribution in [1.82, 2.24) is 5.32 Å². The second-order valence-electron chi connectivity index (χ2n) is 3.35. The lowest BCUT2D eigenvalue weighted by Gasteiger charge is -2.12. The number of ether oxygens (including phenoxy) is 1. The zero-order chi connectivity index (χ0) is 13.0. The fraction of sp³-hybridized carbons (Fsp3) is 0.273. The van der Waals surface area contributed by atoms with Crippen molar-refractivity contribution in [3.05, 3.63) is 29.6 Å². The number of carboxylic acid groups (broad SMARTS) is 1. The minimum atomic E-state index is -1.20. The highest BCUT2D eigenvalue weighted by molar-refractivity contribution is 5.99. The van der Waals surface area contributed by atoms with E-state index in [1.165, 1.54) is 26.2 Å². The van der Waals surface area contributed by atoms with Crippen LogP contribution in [0.3, 0.4) is 0 Å². The molecule has 0 aliphatic rings. The van der Waals surface area contributed by atoms with Crippen LogP contribution in [0.2, 0.25) is 0 Å². The van der Waals surface area contributed by atoms with Crippen molar-refractivity contribution in [1.29, 1.82) is 0 Å². The van der Waals surface area contributed by atoms with Gasteiger partial charge in [0.1, 0.15) is 23.2 Å². The summed E-state index contributed by atoms with van der Waals surface area (Å²) in [6.07, 6.45) is 0. The molecule has 0 heterocycles. The van der Waals surface area contributed by atoms with Gasteiger partial charge in [-0.05, 0) is 19.1 Å². The highest BCUT2D eigenvalue weighted by Gasteiger charge is 2.21. The largest absolute Gasteiger partial charge is 0.496 e. The van der Waals surface area contributed by atoms with Crippen LogP contribution in [-0.2, 0) is 4.79 Å². The molecular formula is C11H12FNO4. The minimum absolute atomic E-state index is 0.0556. The Morgan fingerprint density at radius 1 is 1.47 bits per heavy atom. The fourth-order valence-corrected chi connectivity index (χ4v) is 1.23. The number of carboxylic acids is 1. The van der Waals surface area contributed by atoms with E-state index in [9.17, 15) is 14.0 Å². The van der Waals surface area contributed by atoms with E-state index in [2.05, 4.69) is 5.32 Å². The van der Waals surface area contributed by atoms with E-state index in [0.717, 1.165) is 6.07 Å². The molecule has 0 bridgehead atoms. The lowest BCUT2D eigenvalue weighted by molar-refractivity contribution is -0.138. The van der Waals surface area contributed by atoms with Crippen LogP contribution in [-0.4, -0.2) is 30.1 Å². The molecule has 0 aliphatic carbocycles. The molecule has 1 unspecified atom stereocenters. The number of hydrogen-bond donors (Lipinski definition) is 2. The third-order valence-corrected chi connectivity index (χ3v) is 2.14. The molecule has 0 fully saturated rings. The molecule has 1 rings (SSSR count). The summed E-state index contributed by atoms with van der Waals surface area (Å²) < 4.78 is 18.3. The Labute approximate surface area is 97.2 Å². The summed E-state index contributed by atoms with van der Waals surface area (Å²) in [6.45, 7) is 1.29. The summed E-state index contributed by atoms with van der Waals surface area (Å²) in [7, 11) is 1.30. The maximum atomic E-state index is 13.5. The van der Waals surface area contributed by atoms with Gasteiger partial charge in [-0.2, -0.15) is 0 Å². The number of hydrogen-bond acceptors (Lipinski definition) is 3. The van der Waals surface area contributed by atoms with Crippen molar-refractivity contribution in [2.45, 2.75) is 13.0 Å². The van der Waals surface area contributed by atoms with Gasteiger partial charge in [-0.15, -0.1) is 0 Å². The van der Waals surface area contributed by atoms with Gasteiger partial charge in [0.2, 0.25) is 0 Å². The van der Waals surface area contributed by atoms with Gasteiger partial charge >= 0.3 is 5.97 Å². The van der Waals surface area contributed by atoms with Gasteiger partial charge in [0.15, 0.2) is 0 Å². The van der Waals surface area contributed by atoms with Gasteiger partial charge in [-0.1, -0.05) is 6.07 Å². The van der Waals surface area contributed by atoms with Gasteiger partial charge in [0.25, 0.3) is 5.91 Å². The second kappa shape index (κ2) is 5.29. The molecule has 1 amide bonds. The van der Waals surface area contributed by atoms with E-state index in [4.69, 9.17) is 9.84 Å². The van der Waals surface area contributed by atoms with E-state index in [0.29, 0.717) is 0 Å². The lowest BCUT2D eigenvalue weighted by Crippen LogP contribution is -2.38.